The number of rotatable bonds is 7. The lowest BCUT2D eigenvalue weighted by Gasteiger charge is -2.16. The Labute approximate surface area is 103 Å². The molecule has 1 aromatic rings. The minimum absolute atomic E-state index is 0.433. The van der Waals surface area contributed by atoms with Crippen LogP contribution in [-0.2, 0) is 4.74 Å². The normalized spacial score (nSPS) is 12.7. The number of ether oxygens (including phenoxy) is 1. The molecular weight excluding hydrogens is 218 g/mol. The summed E-state index contributed by atoms with van der Waals surface area (Å²) >= 11 is 1.92. The third-order valence-corrected chi connectivity index (χ3v) is 3.57. The van der Waals surface area contributed by atoms with Crippen molar-refractivity contribution < 1.29 is 4.74 Å². The molecule has 1 unspecified atom stereocenters. The maximum absolute atomic E-state index is 5.04. The van der Waals surface area contributed by atoms with E-state index in [1.165, 1.54) is 11.1 Å². The molecule has 1 aromatic carbocycles. The van der Waals surface area contributed by atoms with Crippen LogP contribution in [0.3, 0.4) is 0 Å². The van der Waals surface area contributed by atoms with Crippen LogP contribution in [0.15, 0.2) is 24.3 Å². The first-order valence-electron chi connectivity index (χ1n) is 5.58. The average Bonchev–Trinajstić information content (AvgIpc) is 2.31. The van der Waals surface area contributed by atoms with E-state index in [2.05, 4.69) is 36.5 Å². The van der Waals surface area contributed by atoms with E-state index in [0.29, 0.717) is 6.04 Å². The van der Waals surface area contributed by atoms with Gasteiger partial charge in [0.25, 0.3) is 0 Å². The summed E-state index contributed by atoms with van der Waals surface area (Å²) in [4.78, 5) is 0. The first kappa shape index (κ1) is 13.6. The molecule has 1 rings (SSSR count). The van der Waals surface area contributed by atoms with Crippen LogP contribution in [-0.4, -0.2) is 32.3 Å². The van der Waals surface area contributed by atoms with Crippen LogP contribution in [0.5, 0.6) is 0 Å². The summed E-state index contributed by atoms with van der Waals surface area (Å²) in [6, 6.07) is 9.17. The van der Waals surface area contributed by atoms with Crippen LogP contribution in [0.25, 0.3) is 0 Å². The predicted molar refractivity (Wildman–Crippen MR) is 72.2 cm³/mol. The fourth-order valence-corrected chi connectivity index (χ4v) is 2.53. The van der Waals surface area contributed by atoms with Crippen molar-refractivity contribution in [1.29, 1.82) is 0 Å². The zero-order valence-corrected chi connectivity index (χ0v) is 11.1. The van der Waals surface area contributed by atoms with E-state index in [9.17, 15) is 0 Å². The van der Waals surface area contributed by atoms with Crippen molar-refractivity contribution in [3.05, 3.63) is 35.4 Å². The molecule has 0 fully saturated rings. The molecule has 3 heteroatoms. The fraction of sp³-hybridized carbons (Fsp3) is 0.538. The van der Waals surface area contributed by atoms with Gasteiger partial charge in [0, 0.05) is 24.7 Å². The molecule has 1 N–H and O–H groups in total. The van der Waals surface area contributed by atoms with Crippen molar-refractivity contribution in [2.45, 2.75) is 13.0 Å². The summed E-state index contributed by atoms with van der Waals surface area (Å²) in [5.74, 6) is 2.14. The largest absolute Gasteiger partial charge is 0.384 e. The van der Waals surface area contributed by atoms with Gasteiger partial charge in [-0.05, 0) is 19.5 Å². The SMILES string of the molecule is CNC(CSCCOC)c1ccc(C)cc1. The van der Waals surface area contributed by atoms with Crippen LogP contribution in [0.4, 0.5) is 0 Å². The molecule has 0 heterocycles. The molecule has 2 nitrogen and oxygen atoms in total. The molecule has 90 valence electrons. The summed E-state index contributed by atoms with van der Waals surface area (Å²) in [6.45, 7) is 2.94. The lowest BCUT2D eigenvalue weighted by Crippen LogP contribution is -2.19. The highest BCUT2D eigenvalue weighted by atomic mass is 32.2. The van der Waals surface area contributed by atoms with Gasteiger partial charge in [0.05, 0.1) is 6.61 Å². The highest BCUT2D eigenvalue weighted by molar-refractivity contribution is 7.99. The Morgan fingerprint density at radius 2 is 2.00 bits per heavy atom. The van der Waals surface area contributed by atoms with Crippen LogP contribution in [0.2, 0.25) is 0 Å². The average molecular weight is 239 g/mol. The maximum Gasteiger partial charge on any atom is 0.0552 e. The number of nitrogens with one attached hydrogen (secondary N) is 1. The Balaban J connectivity index is 2.44. The van der Waals surface area contributed by atoms with E-state index in [4.69, 9.17) is 4.74 Å². The third-order valence-electron chi connectivity index (χ3n) is 2.54. The van der Waals surface area contributed by atoms with E-state index in [1.807, 2.05) is 18.8 Å². The lowest BCUT2D eigenvalue weighted by atomic mass is 10.1. The molecule has 0 aliphatic heterocycles. The number of benzene rings is 1. The maximum atomic E-state index is 5.04. The number of aryl methyl sites for hydroxylation is 1. The topological polar surface area (TPSA) is 21.3 Å². The number of hydrogen-bond acceptors (Lipinski definition) is 3. The van der Waals surface area contributed by atoms with Gasteiger partial charge in [0.1, 0.15) is 0 Å². The van der Waals surface area contributed by atoms with Crippen molar-refractivity contribution in [2.24, 2.45) is 0 Å². The molecule has 0 saturated carbocycles. The van der Waals surface area contributed by atoms with Crippen molar-refractivity contribution in [3.63, 3.8) is 0 Å². The van der Waals surface area contributed by atoms with Crippen molar-refractivity contribution in [1.82, 2.24) is 5.32 Å². The monoisotopic (exact) mass is 239 g/mol. The zero-order chi connectivity index (χ0) is 11.8. The number of thioether (sulfide) groups is 1. The second kappa shape index (κ2) is 7.71. The van der Waals surface area contributed by atoms with Gasteiger partial charge in [-0.2, -0.15) is 11.8 Å². The zero-order valence-electron chi connectivity index (χ0n) is 10.3. The predicted octanol–water partition coefficient (Wildman–Crippen LogP) is 2.64. The molecule has 0 radical (unpaired) electrons. The highest BCUT2D eigenvalue weighted by Gasteiger charge is 2.08. The highest BCUT2D eigenvalue weighted by Crippen LogP contribution is 2.18. The molecular formula is C13H21NOS. The first-order valence-corrected chi connectivity index (χ1v) is 6.74. The van der Waals surface area contributed by atoms with Gasteiger partial charge >= 0.3 is 0 Å². The van der Waals surface area contributed by atoms with Crippen LogP contribution < -0.4 is 5.32 Å². The van der Waals surface area contributed by atoms with Crippen LogP contribution in [0.1, 0.15) is 17.2 Å². The molecule has 0 aromatic heterocycles. The van der Waals surface area contributed by atoms with Gasteiger partial charge in [0.15, 0.2) is 0 Å². The Bertz CT molecular complexity index is 286. The van der Waals surface area contributed by atoms with Crippen LogP contribution in [0, 0.1) is 6.92 Å². The number of hydrogen-bond donors (Lipinski definition) is 1. The summed E-state index contributed by atoms with van der Waals surface area (Å²) in [5.41, 5.74) is 2.67. The molecule has 0 saturated heterocycles. The molecule has 1 atom stereocenters. The lowest BCUT2D eigenvalue weighted by molar-refractivity contribution is 0.218. The first-order chi connectivity index (χ1) is 7.77. The second-order valence-electron chi connectivity index (χ2n) is 3.82. The number of methoxy groups -OCH3 is 1. The van der Waals surface area contributed by atoms with Gasteiger partial charge in [-0.15, -0.1) is 0 Å². The van der Waals surface area contributed by atoms with Gasteiger partial charge < -0.3 is 10.1 Å². The molecule has 0 amide bonds. The smallest absolute Gasteiger partial charge is 0.0552 e. The Kier molecular flexibility index (Phi) is 6.53. The minimum Gasteiger partial charge on any atom is -0.384 e. The Morgan fingerprint density at radius 3 is 2.56 bits per heavy atom. The van der Waals surface area contributed by atoms with Gasteiger partial charge in [-0.3, -0.25) is 0 Å². The quantitative estimate of drug-likeness (QED) is 0.739. The molecule has 16 heavy (non-hydrogen) atoms. The van der Waals surface area contributed by atoms with Gasteiger partial charge in [-0.1, -0.05) is 29.8 Å². The summed E-state index contributed by atoms with van der Waals surface area (Å²) in [7, 11) is 3.76. The molecule has 0 spiro atoms. The van der Waals surface area contributed by atoms with E-state index in [-0.39, 0.29) is 0 Å². The van der Waals surface area contributed by atoms with E-state index >= 15 is 0 Å². The standard InChI is InChI=1S/C13H21NOS/c1-11-4-6-12(7-5-11)13(14-2)10-16-9-8-15-3/h4-7,13-14H,8-10H2,1-3H3. The van der Waals surface area contributed by atoms with Crippen molar-refractivity contribution >= 4 is 11.8 Å². The summed E-state index contributed by atoms with van der Waals surface area (Å²) < 4.78 is 5.04. The third kappa shape index (κ3) is 4.56. The molecule has 0 aliphatic rings. The Hall–Kier alpha value is -0.510. The van der Waals surface area contributed by atoms with Crippen molar-refractivity contribution in [2.75, 3.05) is 32.3 Å². The van der Waals surface area contributed by atoms with E-state index in [1.54, 1.807) is 7.11 Å². The second-order valence-corrected chi connectivity index (χ2v) is 4.97. The summed E-state index contributed by atoms with van der Waals surface area (Å²) in [5, 5.41) is 3.35. The summed E-state index contributed by atoms with van der Waals surface area (Å²) in [6.07, 6.45) is 0. The van der Waals surface area contributed by atoms with Gasteiger partial charge in [0.2, 0.25) is 0 Å². The van der Waals surface area contributed by atoms with Gasteiger partial charge in [-0.25, -0.2) is 0 Å². The minimum atomic E-state index is 0.433. The van der Waals surface area contributed by atoms with E-state index in [0.717, 1.165) is 18.1 Å². The molecule has 0 aliphatic carbocycles. The van der Waals surface area contributed by atoms with Crippen molar-refractivity contribution in [3.8, 4) is 0 Å². The fourth-order valence-electron chi connectivity index (χ4n) is 1.49. The Morgan fingerprint density at radius 1 is 1.31 bits per heavy atom. The van der Waals surface area contributed by atoms with E-state index < -0.39 is 0 Å². The molecule has 0 bridgehead atoms. The van der Waals surface area contributed by atoms with Crippen LogP contribution >= 0.6 is 11.8 Å².